The fourth-order valence-corrected chi connectivity index (χ4v) is 5.59. The van der Waals surface area contributed by atoms with Gasteiger partial charge in [0, 0.05) is 24.1 Å². The van der Waals surface area contributed by atoms with Crippen LogP contribution in [-0.2, 0) is 0 Å². The minimum atomic E-state index is 0.0779. The van der Waals surface area contributed by atoms with Gasteiger partial charge in [0.2, 0.25) is 0 Å². The highest BCUT2D eigenvalue weighted by Gasteiger charge is 2.54. The quantitative estimate of drug-likeness (QED) is 0.892. The van der Waals surface area contributed by atoms with Gasteiger partial charge in [-0.15, -0.1) is 0 Å². The highest BCUT2D eigenvalue weighted by Crippen LogP contribution is 2.47. The van der Waals surface area contributed by atoms with Crippen LogP contribution in [0.2, 0.25) is 0 Å². The van der Waals surface area contributed by atoms with Crippen LogP contribution in [0.1, 0.15) is 34.7 Å². The van der Waals surface area contributed by atoms with Crippen molar-refractivity contribution in [2.45, 2.75) is 30.8 Å². The van der Waals surface area contributed by atoms with E-state index in [1.165, 1.54) is 18.4 Å². The largest absolute Gasteiger partial charge is 0.508 e. The Bertz CT molecular complexity index is 874. The molecule has 6 rings (SSSR count). The molecule has 2 aromatic rings. The van der Waals surface area contributed by atoms with Gasteiger partial charge in [0.25, 0.3) is 5.91 Å². The molecule has 5 nitrogen and oxygen atoms in total. The summed E-state index contributed by atoms with van der Waals surface area (Å²) >= 11 is 0. The SMILES string of the molecule is COc1cccc(C2CN(C(=O)c3ccc(O)cc3)C3C4CCN(CC4)C23)c1. The molecule has 0 spiro atoms. The molecule has 0 aromatic heterocycles. The Morgan fingerprint density at radius 1 is 1.07 bits per heavy atom. The third kappa shape index (κ3) is 2.76. The Labute approximate surface area is 165 Å². The smallest absolute Gasteiger partial charge is 0.254 e. The summed E-state index contributed by atoms with van der Waals surface area (Å²) in [6.07, 6.45) is 2.34. The molecule has 28 heavy (non-hydrogen) atoms. The van der Waals surface area contributed by atoms with Crippen molar-refractivity contribution in [1.82, 2.24) is 9.80 Å². The number of fused-ring (bicyclic) bond motifs is 2. The summed E-state index contributed by atoms with van der Waals surface area (Å²) in [6.45, 7) is 3.00. The van der Waals surface area contributed by atoms with Crippen LogP contribution in [0.5, 0.6) is 11.5 Å². The zero-order valence-corrected chi connectivity index (χ0v) is 16.1. The molecule has 3 unspecified atom stereocenters. The standard InChI is InChI=1S/C23H26N2O3/c1-28-19-4-2-3-17(13-19)20-14-25(23(27)16-5-7-18(26)8-6-16)21-15-9-11-24(12-10-15)22(20)21/h2-8,13,15,20-22,26H,9-12,14H2,1H3. The molecule has 2 aromatic carbocycles. The number of amides is 1. The number of nitrogens with zero attached hydrogens (tertiary/aromatic N) is 2. The van der Waals surface area contributed by atoms with Gasteiger partial charge < -0.3 is 14.7 Å². The first-order chi connectivity index (χ1) is 13.7. The van der Waals surface area contributed by atoms with Crippen molar-refractivity contribution in [3.63, 3.8) is 0 Å². The van der Waals surface area contributed by atoms with Gasteiger partial charge in [-0.2, -0.15) is 0 Å². The van der Waals surface area contributed by atoms with E-state index in [0.29, 0.717) is 23.4 Å². The lowest BCUT2D eigenvalue weighted by Gasteiger charge is -2.51. The lowest BCUT2D eigenvalue weighted by atomic mass is 9.75. The maximum absolute atomic E-state index is 13.4. The molecule has 1 N–H and O–H groups in total. The fraction of sp³-hybridized carbons (Fsp3) is 0.435. The van der Waals surface area contributed by atoms with Crippen LogP contribution in [0.4, 0.5) is 0 Å². The van der Waals surface area contributed by atoms with Crippen molar-refractivity contribution in [3.8, 4) is 11.5 Å². The number of ether oxygens (including phenoxy) is 1. The van der Waals surface area contributed by atoms with Crippen LogP contribution < -0.4 is 4.74 Å². The number of rotatable bonds is 3. The zero-order chi connectivity index (χ0) is 19.3. The molecular formula is C23H26N2O3. The number of aromatic hydroxyl groups is 1. The summed E-state index contributed by atoms with van der Waals surface area (Å²) in [5.41, 5.74) is 1.90. The Balaban J connectivity index is 1.51. The average molecular weight is 378 g/mol. The molecule has 4 aliphatic rings. The Hall–Kier alpha value is -2.53. The van der Waals surface area contributed by atoms with E-state index >= 15 is 0 Å². The average Bonchev–Trinajstić information content (AvgIpc) is 3.18. The second-order valence-corrected chi connectivity index (χ2v) is 8.24. The second-order valence-electron chi connectivity index (χ2n) is 8.24. The van der Waals surface area contributed by atoms with Crippen molar-refractivity contribution in [3.05, 3.63) is 59.7 Å². The van der Waals surface area contributed by atoms with E-state index in [1.807, 2.05) is 12.1 Å². The number of phenols is 1. The van der Waals surface area contributed by atoms with Crippen LogP contribution in [0.3, 0.4) is 0 Å². The van der Waals surface area contributed by atoms with Gasteiger partial charge >= 0.3 is 0 Å². The normalized spacial score (nSPS) is 30.9. The maximum atomic E-state index is 13.4. The van der Waals surface area contributed by atoms with E-state index in [1.54, 1.807) is 31.4 Å². The van der Waals surface area contributed by atoms with E-state index in [-0.39, 0.29) is 17.7 Å². The molecule has 5 heteroatoms. The van der Waals surface area contributed by atoms with Gasteiger partial charge in [0.05, 0.1) is 13.2 Å². The van der Waals surface area contributed by atoms with Crippen LogP contribution in [-0.4, -0.2) is 59.6 Å². The third-order valence-electron chi connectivity index (χ3n) is 6.89. The van der Waals surface area contributed by atoms with Crippen LogP contribution in [0, 0.1) is 5.92 Å². The summed E-state index contributed by atoms with van der Waals surface area (Å²) < 4.78 is 5.45. The predicted molar refractivity (Wildman–Crippen MR) is 107 cm³/mol. The first-order valence-electron chi connectivity index (χ1n) is 10.1. The zero-order valence-electron chi connectivity index (χ0n) is 16.1. The van der Waals surface area contributed by atoms with Gasteiger partial charge in [-0.25, -0.2) is 0 Å². The van der Waals surface area contributed by atoms with Crippen LogP contribution in [0.15, 0.2) is 48.5 Å². The summed E-state index contributed by atoms with van der Waals surface area (Å²) in [7, 11) is 1.70. The number of carbonyl (C=O) groups is 1. The molecule has 146 valence electrons. The molecular weight excluding hydrogens is 352 g/mol. The summed E-state index contributed by atoms with van der Waals surface area (Å²) in [5, 5.41) is 9.57. The molecule has 4 saturated heterocycles. The topological polar surface area (TPSA) is 53.0 Å². The maximum Gasteiger partial charge on any atom is 0.254 e. The molecule has 0 radical (unpaired) electrons. The summed E-state index contributed by atoms with van der Waals surface area (Å²) in [6, 6.07) is 15.6. The van der Waals surface area contributed by atoms with Crippen molar-refractivity contribution in [2.75, 3.05) is 26.7 Å². The van der Waals surface area contributed by atoms with Gasteiger partial charge in [-0.1, -0.05) is 12.1 Å². The number of methoxy groups -OCH3 is 1. The van der Waals surface area contributed by atoms with E-state index < -0.39 is 0 Å². The van der Waals surface area contributed by atoms with Crippen molar-refractivity contribution < 1.29 is 14.6 Å². The van der Waals surface area contributed by atoms with Crippen LogP contribution >= 0.6 is 0 Å². The van der Waals surface area contributed by atoms with Crippen LogP contribution in [0.25, 0.3) is 0 Å². The van der Waals surface area contributed by atoms with Crippen molar-refractivity contribution >= 4 is 5.91 Å². The Kier molecular flexibility index (Phi) is 4.27. The molecule has 4 fully saturated rings. The number of benzene rings is 2. The number of carbonyl (C=O) groups excluding carboxylic acids is 1. The number of phenolic OH excluding ortho intramolecular Hbond substituents is 1. The second kappa shape index (κ2) is 6.82. The van der Waals surface area contributed by atoms with Gasteiger partial charge in [0.15, 0.2) is 0 Å². The number of hydrogen-bond acceptors (Lipinski definition) is 4. The monoisotopic (exact) mass is 378 g/mol. The molecule has 0 saturated carbocycles. The molecule has 2 bridgehead atoms. The van der Waals surface area contributed by atoms with Gasteiger partial charge in [-0.05, 0) is 73.8 Å². The Morgan fingerprint density at radius 2 is 1.82 bits per heavy atom. The highest BCUT2D eigenvalue weighted by atomic mass is 16.5. The van der Waals surface area contributed by atoms with Crippen molar-refractivity contribution in [2.24, 2.45) is 5.92 Å². The third-order valence-corrected chi connectivity index (χ3v) is 6.89. The minimum Gasteiger partial charge on any atom is -0.508 e. The molecule has 1 amide bonds. The molecule has 4 aliphatic heterocycles. The van der Waals surface area contributed by atoms with E-state index in [0.717, 1.165) is 25.4 Å². The Morgan fingerprint density at radius 3 is 2.54 bits per heavy atom. The molecule has 3 atom stereocenters. The fourth-order valence-electron chi connectivity index (χ4n) is 5.59. The van der Waals surface area contributed by atoms with E-state index in [9.17, 15) is 9.90 Å². The first-order valence-corrected chi connectivity index (χ1v) is 10.1. The lowest BCUT2D eigenvalue weighted by Crippen LogP contribution is -2.60. The number of likely N-dealkylation sites (tertiary alicyclic amines) is 1. The number of piperidine rings is 3. The van der Waals surface area contributed by atoms with Gasteiger partial charge in [0.1, 0.15) is 11.5 Å². The van der Waals surface area contributed by atoms with Gasteiger partial charge in [-0.3, -0.25) is 9.69 Å². The van der Waals surface area contributed by atoms with Crippen molar-refractivity contribution in [1.29, 1.82) is 0 Å². The lowest BCUT2D eigenvalue weighted by molar-refractivity contribution is -0.00341. The molecule has 0 aliphatic carbocycles. The highest BCUT2D eigenvalue weighted by molar-refractivity contribution is 5.95. The van der Waals surface area contributed by atoms with E-state index in [2.05, 4.69) is 21.9 Å². The first kappa shape index (κ1) is 17.6. The minimum absolute atomic E-state index is 0.0779. The summed E-state index contributed by atoms with van der Waals surface area (Å²) in [5.74, 6) is 2.01. The number of hydrogen-bond donors (Lipinski definition) is 1. The van der Waals surface area contributed by atoms with E-state index in [4.69, 9.17) is 4.74 Å². The predicted octanol–water partition coefficient (Wildman–Crippen LogP) is 3.10. The summed E-state index contributed by atoms with van der Waals surface area (Å²) in [4.78, 5) is 18.1. The molecule has 4 heterocycles.